The van der Waals surface area contributed by atoms with Gasteiger partial charge in [0.1, 0.15) is 29.9 Å². The monoisotopic (exact) mass is 576 g/mol. The van der Waals surface area contributed by atoms with Crippen LogP contribution in [-0.2, 0) is 41.6 Å². The Bertz CT molecular complexity index is 1180. The van der Waals surface area contributed by atoms with Crippen LogP contribution < -0.4 is 10.6 Å². The maximum Gasteiger partial charge on any atom is 0.408 e. The summed E-state index contributed by atoms with van der Waals surface area (Å²) in [4.78, 5) is 50.8. The molecular weight excluding hydrogens is 538 g/mol. The second kappa shape index (κ2) is 14.0. The average molecular weight is 577 g/mol. The molecule has 2 aromatic carbocycles. The van der Waals surface area contributed by atoms with Crippen molar-refractivity contribution in [3.05, 3.63) is 71.8 Å². The standard InChI is InChI=1S/C30H38F2N2O7/c1-28(2,3)40-24(35)22(17-20-13-9-7-10-14-20)33-26(37)30(31,32)18-23(25(36)41-29(4,5)6)34-27(38)39-19-21-15-11-8-12-16-21/h7-16,22-23H,17-19H2,1-6H3,(H,33,37)(H,34,38)/t22-,23+/m0/s1. The van der Waals surface area contributed by atoms with Crippen molar-refractivity contribution < 1.29 is 42.2 Å². The maximum atomic E-state index is 15.3. The van der Waals surface area contributed by atoms with E-state index in [1.807, 2.05) is 0 Å². The number of nitrogens with one attached hydrogen (secondary N) is 2. The molecule has 2 aromatic rings. The quantitative estimate of drug-likeness (QED) is 0.294. The molecule has 0 aliphatic rings. The summed E-state index contributed by atoms with van der Waals surface area (Å²) in [6.07, 6.45) is -2.71. The first-order chi connectivity index (χ1) is 18.9. The van der Waals surface area contributed by atoms with E-state index in [4.69, 9.17) is 14.2 Å². The summed E-state index contributed by atoms with van der Waals surface area (Å²) >= 11 is 0. The second-order valence-electron chi connectivity index (χ2n) is 11.4. The Morgan fingerprint density at radius 3 is 1.66 bits per heavy atom. The van der Waals surface area contributed by atoms with E-state index < -0.39 is 59.6 Å². The van der Waals surface area contributed by atoms with Crippen LogP contribution in [0.15, 0.2) is 60.7 Å². The lowest BCUT2D eigenvalue weighted by Gasteiger charge is -2.28. The van der Waals surface area contributed by atoms with E-state index in [9.17, 15) is 19.2 Å². The van der Waals surface area contributed by atoms with Crippen molar-refractivity contribution in [2.24, 2.45) is 0 Å². The zero-order valence-electron chi connectivity index (χ0n) is 24.2. The van der Waals surface area contributed by atoms with Crippen LogP contribution in [0.25, 0.3) is 0 Å². The van der Waals surface area contributed by atoms with Gasteiger partial charge >= 0.3 is 24.0 Å². The second-order valence-corrected chi connectivity index (χ2v) is 11.4. The van der Waals surface area contributed by atoms with E-state index in [0.717, 1.165) is 0 Å². The maximum absolute atomic E-state index is 15.3. The first kappa shape index (κ1) is 33.2. The molecule has 0 spiro atoms. The topological polar surface area (TPSA) is 120 Å². The van der Waals surface area contributed by atoms with Crippen molar-refractivity contribution in [3.8, 4) is 0 Å². The van der Waals surface area contributed by atoms with Gasteiger partial charge in [0, 0.05) is 6.42 Å². The van der Waals surface area contributed by atoms with Gasteiger partial charge in [-0.3, -0.25) is 4.79 Å². The highest BCUT2D eigenvalue weighted by atomic mass is 19.3. The lowest BCUT2D eigenvalue weighted by Crippen LogP contribution is -2.54. The number of rotatable bonds is 11. The van der Waals surface area contributed by atoms with E-state index in [1.54, 1.807) is 81.4 Å². The number of hydrogen-bond donors (Lipinski definition) is 2. The number of carbonyl (C=O) groups is 4. The number of hydrogen-bond acceptors (Lipinski definition) is 7. The van der Waals surface area contributed by atoms with Gasteiger partial charge in [-0.15, -0.1) is 0 Å². The largest absolute Gasteiger partial charge is 0.458 e. The third-order valence-electron chi connectivity index (χ3n) is 5.27. The predicted molar refractivity (Wildman–Crippen MR) is 147 cm³/mol. The van der Waals surface area contributed by atoms with Crippen molar-refractivity contribution in [2.45, 2.75) is 90.2 Å². The Labute approximate surface area is 238 Å². The van der Waals surface area contributed by atoms with E-state index in [1.165, 1.54) is 20.8 Å². The molecule has 2 amide bonds. The molecule has 0 unspecified atom stereocenters. The van der Waals surface area contributed by atoms with Crippen LogP contribution in [0, 0.1) is 0 Å². The number of esters is 2. The highest BCUT2D eigenvalue weighted by molar-refractivity contribution is 5.90. The highest BCUT2D eigenvalue weighted by Crippen LogP contribution is 2.24. The Hall–Kier alpha value is -4.02. The van der Waals surface area contributed by atoms with Gasteiger partial charge in [0.2, 0.25) is 0 Å². The van der Waals surface area contributed by atoms with Gasteiger partial charge in [-0.05, 0) is 52.7 Å². The number of amides is 2. The van der Waals surface area contributed by atoms with Crippen LogP contribution in [0.1, 0.15) is 59.1 Å². The molecule has 0 aliphatic heterocycles. The lowest BCUT2D eigenvalue weighted by atomic mass is 10.0. The number of ether oxygens (including phenoxy) is 3. The molecule has 11 heteroatoms. The molecular formula is C30H38F2N2O7. The van der Waals surface area contributed by atoms with Crippen LogP contribution in [0.2, 0.25) is 0 Å². The number of alkyl halides is 2. The highest BCUT2D eigenvalue weighted by Gasteiger charge is 2.46. The smallest absolute Gasteiger partial charge is 0.408 e. The third kappa shape index (κ3) is 12.4. The number of halogens is 2. The summed E-state index contributed by atoms with van der Waals surface area (Å²) < 4.78 is 46.2. The number of benzene rings is 2. The molecule has 0 aliphatic carbocycles. The summed E-state index contributed by atoms with van der Waals surface area (Å²) in [6, 6.07) is 13.7. The van der Waals surface area contributed by atoms with Gasteiger partial charge in [0.05, 0.1) is 6.42 Å². The van der Waals surface area contributed by atoms with Gasteiger partial charge in [0.25, 0.3) is 5.91 Å². The van der Waals surface area contributed by atoms with Crippen LogP contribution >= 0.6 is 0 Å². The lowest BCUT2D eigenvalue weighted by molar-refractivity contribution is -0.165. The molecule has 0 radical (unpaired) electrons. The molecule has 0 heterocycles. The summed E-state index contributed by atoms with van der Waals surface area (Å²) in [7, 11) is 0. The van der Waals surface area contributed by atoms with E-state index in [-0.39, 0.29) is 13.0 Å². The molecule has 0 bridgehead atoms. The minimum atomic E-state index is -4.20. The molecule has 224 valence electrons. The molecule has 0 aromatic heterocycles. The molecule has 0 fully saturated rings. The molecule has 2 atom stereocenters. The Kier molecular flexibility index (Phi) is 11.4. The van der Waals surface area contributed by atoms with E-state index in [0.29, 0.717) is 11.1 Å². The fourth-order valence-corrected chi connectivity index (χ4v) is 3.50. The zero-order chi connectivity index (χ0) is 30.8. The van der Waals surface area contributed by atoms with Crippen molar-refractivity contribution in [3.63, 3.8) is 0 Å². The molecule has 41 heavy (non-hydrogen) atoms. The fourth-order valence-electron chi connectivity index (χ4n) is 3.50. The van der Waals surface area contributed by atoms with Crippen molar-refractivity contribution in [1.29, 1.82) is 0 Å². The van der Waals surface area contributed by atoms with Gasteiger partial charge in [-0.1, -0.05) is 60.7 Å². The van der Waals surface area contributed by atoms with Gasteiger partial charge in [-0.2, -0.15) is 8.78 Å². The molecule has 0 saturated heterocycles. The number of carbonyl (C=O) groups excluding carboxylic acids is 4. The summed E-state index contributed by atoms with van der Waals surface area (Å²) in [5.41, 5.74) is -0.778. The van der Waals surface area contributed by atoms with Gasteiger partial charge in [-0.25, -0.2) is 14.4 Å². The Morgan fingerprint density at radius 2 is 1.17 bits per heavy atom. The zero-order valence-corrected chi connectivity index (χ0v) is 24.2. The molecule has 2 rings (SSSR count). The average Bonchev–Trinajstić information content (AvgIpc) is 2.85. The summed E-state index contributed by atoms with van der Waals surface area (Å²) in [6.45, 7) is 9.21. The van der Waals surface area contributed by atoms with E-state index in [2.05, 4.69) is 10.6 Å². The summed E-state index contributed by atoms with van der Waals surface area (Å²) in [5.74, 6) is -8.12. The minimum absolute atomic E-state index is 0.114. The first-order valence-corrected chi connectivity index (χ1v) is 13.1. The van der Waals surface area contributed by atoms with Crippen LogP contribution in [0.3, 0.4) is 0 Å². The third-order valence-corrected chi connectivity index (χ3v) is 5.27. The molecule has 9 nitrogen and oxygen atoms in total. The molecule has 2 N–H and O–H groups in total. The van der Waals surface area contributed by atoms with Crippen LogP contribution in [-0.4, -0.2) is 53.1 Å². The normalized spacial score (nSPS) is 13.4. The van der Waals surface area contributed by atoms with Crippen molar-refractivity contribution in [2.75, 3.05) is 0 Å². The fraction of sp³-hybridized carbons (Fsp3) is 0.467. The van der Waals surface area contributed by atoms with Gasteiger partial charge in [0.15, 0.2) is 0 Å². The summed E-state index contributed by atoms with van der Waals surface area (Å²) in [5, 5.41) is 4.14. The SMILES string of the molecule is CC(C)(C)OC(=O)[C@H](Cc1ccccc1)NC(=O)C(F)(F)C[C@@H](NC(=O)OCc1ccccc1)C(=O)OC(C)(C)C. The van der Waals surface area contributed by atoms with E-state index >= 15 is 8.78 Å². The Balaban J connectivity index is 2.20. The predicted octanol–water partition coefficient (Wildman–Crippen LogP) is 4.72. The Morgan fingerprint density at radius 1 is 0.707 bits per heavy atom. The van der Waals surface area contributed by atoms with Crippen LogP contribution in [0.5, 0.6) is 0 Å². The first-order valence-electron chi connectivity index (χ1n) is 13.1. The van der Waals surface area contributed by atoms with Crippen molar-refractivity contribution in [1.82, 2.24) is 10.6 Å². The van der Waals surface area contributed by atoms with Gasteiger partial charge < -0.3 is 24.8 Å². The molecule has 0 saturated carbocycles. The number of alkyl carbamates (subject to hydrolysis) is 1. The van der Waals surface area contributed by atoms with Crippen LogP contribution in [0.4, 0.5) is 13.6 Å². The minimum Gasteiger partial charge on any atom is -0.458 e. The van der Waals surface area contributed by atoms with Crippen molar-refractivity contribution >= 4 is 23.9 Å².